The van der Waals surface area contributed by atoms with E-state index in [-0.39, 0.29) is 25.7 Å². The summed E-state index contributed by atoms with van der Waals surface area (Å²) in [5.41, 5.74) is 0. The Morgan fingerprint density at radius 3 is 0.895 bits per heavy atom. The molecule has 560 valence electrons. The van der Waals surface area contributed by atoms with Crippen LogP contribution in [0.4, 0.5) is 0 Å². The molecule has 19 heteroatoms. The summed E-state index contributed by atoms with van der Waals surface area (Å²) in [6, 6.07) is 0. The molecule has 0 aliphatic rings. The summed E-state index contributed by atoms with van der Waals surface area (Å²) in [6.07, 6.45) is 60.6. The highest BCUT2D eigenvalue weighted by Gasteiger charge is 2.30. The second-order valence-electron chi connectivity index (χ2n) is 26.9. The maximum Gasteiger partial charge on any atom is 0.472 e. The van der Waals surface area contributed by atoms with Crippen molar-refractivity contribution in [1.29, 1.82) is 0 Å². The number of ether oxygens (including phenoxy) is 4. The van der Waals surface area contributed by atoms with Crippen LogP contribution in [-0.4, -0.2) is 96.7 Å². The standard InChI is InChI=1S/C76H144O17P2/c1-6-10-13-16-19-22-24-25-30-34-37-41-45-50-55-60-74(79)87-66-72(93-76(81)62-57-52-47-42-38-35-32-29-27-26-28-31-33-36-39-43-48-53-58-69(5)9-4)68-91-95(84,85)89-64-70(77)63-88-94(82,83)90-67-71(65-86-73(78)59-54-49-44-21-18-15-12-8-3)92-75(80)61-56-51-46-40-23-20-17-14-11-7-2/h22,24-25,30,69-72,77H,6-21,23,26-29,31-68H2,1-5H3,(H,82,83)(H,84,85)/b24-22-,30-25-/t69?,70-,71+,72+/m0/s1. The average Bonchev–Trinajstić information content (AvgIpc) is 3.26. The maximum absolute atomic E-state index is 13.1. The van der Waals surface area contributed by atoms with E-state index in [0.29, 0.717) is 25.7 Å². The molecule has 0 fully saturated rings. The Hall–Kier alpha value is -2.46. The molecular formula is C76H144O17P2. The Kier molecular flexibility index (Phi) is 66.9. The molecule has 0 aliphatic carbocycles. The van der Waals surface area contributed by atoms with Crippen LogP contribution in [0.5, 0.6) is 0 Å². The van der Waals surface area contributed by atoms with Crippen molar-refractivity contribution in [2.45, 2.75) is 393 Å². The third-order valence-corrected chi connectivity index (χ3v) is 19.4. The van der Waals surface area contributed by atoms with E-state index in [9.17, 15) is 43.2 Å². The fourth-order valence-corrected chi connectivity index (χ4v) is 12.7. The van der Waals surface area contributed by atoms with E-state index in [2.05, 4.69) is 58.9 Å². The normalized spacial score (nSPS) is 14.4. The van der Waals surface area contributed by atoms with Gasteiger partial charge in [0.2, 0.25) is 0 Å². The number of hydrogen-bond acceptors (Lipinski definition) is 15. The lowest BCUT2D eigenvalue weighted by Gasteiger charge is -2.21. The Labute approximate surface area is 580 Å². The van der Waals surface area contributed by atoms with Crippen molar-refractivity contribution in [2.24, 2.45) is 5.92 Å². The van der Waals surface area contributed by atoms with Crippen molar-refractivity contribution in [3.05, 3.63) is 24.3 Å². The molecule has 0 aromatic carbocycles. The van der Waals surface area contributed by atoms with E-state index < -0.39 is 97.5 Å². The first-order valence-corrected chi connectivity index (χ1v) is 42.0. The zero-order chi connectivity index (χ0) is 69.8. The number of aliphatic hydroxyl groups excluding tert-OH is 1. The molecule has 0 aromatic rings. The number of aliphatic hydroxyl groups is 1. The summed E-state index contributed by atoms with van der Waals surface area (Å²) in [6.45, 7) is 7.25. The fraction of sp³-hybridized carbons (Fsp3) is 0.895. The molecule has 6 atom stereocenters. The highest BCUT2D eigenvalue weighted by atomic mass is 31.2. The van der Waals surface area contributed by atoms with Crippen LogP contribution in [0, 0.1) is 5.92 Å². The lowest BCUT2D eigenvalue weighted by molar-refractivity contribution is -0.161. The SMILES string of the molecule is CCCCCC/C=C\C=C/CCCCCCCC(=O)OC[C@H](COP(=O)(O)OC[C@@H](O)COP(=O)(O)OC[C@@H](COC(=O)CCCCCCCCCC)OC(=O)CCCCCCCCCCCC)OC(=O)CCCCCCCCCCCCCCCCCCCCC(C)CC. The van der Waals surface area contributed by atoms with Crippen LogP contribution in [0.2, 0.25) is 0 Å². The summed E-state index contributed by atoms with van der Waals surface area (Å²) in [5, 5.41) is 10.6. The van der Waals surface area contributed by atoms with E-state index in [1.807, 2.05) is 0 Å². The lowest BCUT2D eigenvalue weighted by atomic mass is 9.99. The predicted octanol–water partition coefficient (Wildman–Crippen LogP) is 22.0. The number of phosphoric acid groups is 2. The van der Waals surface area contributed by atoms with Crippen molar-refractivity contribution in [2.75, 3.05) is 39.6 Å². The van der Waals surface area contributed by atoms with Gasteiger partial charge in [0.1, 0.15) is 19.3 Å². The summed E-state index contributed by atoms with van der Waals surface area (Å²) in [7, 11) is -9.91. The van der Waals surface area contributed by atoms with Crippen molar-refractivity contribution in [3.63, 3.8) is 0 Å². The minimum Gasteiger partial charge on any atom is -0.462 e. The first kappa shape index (κ1) is 92.5. The molecule has 0 heterocycles. The maximum atomic E-state index is 13.1. The molecule has 95 heavy (non-hydrogen) atoms. The van der Waals surface area contributed by atoms with Gasteiger partial charge in [-0.1, -0.05) is 322 Å². The first-order chi connectivity index (χ1) is 46.1. The second kappa shape index (κ2) is 68.7. The van der Waals surface area contributed by atoms with Crippen molar-refractivity contribution in [1.82, 2.24) is 0 Å². The van der Waals surface area contributed by atoms with Crippen LogP contribution in [0.15, 0.2) is 24.3 Å². The molecule has 0 amide bonds. The van der Waals surface area contributed by atoms with Gasteiger partial charge in [-0.25, -0.2) is 9.13 Å². The van der Waals surface area contributed by atoms with Gasteiger partial charge < -0.3 is 33.8 Å². The van der Waals surface area contributed by atoms with Crippen molar-refractivity contribution in [3.8, 4) is 0 Å². The number of rotatable bonds is 74. The Balaban J connectivity index is 5.19. The van der Waals surface area contributed by atoms with E-state index in [0.717, 1.165) is 121 Å². The third-order valence-electron chi connectivity index (χ3n) is 17.5. The monoisotopic (exact) mass is 1390 g/mol. The summed E-state index contributed by atoms with van der Waals surface area (Å²) in [5.74, 6) is -1.28. The van der Waals surface area contributed by atoms with E-state index in [4.69, 9.17) is 37.0 Å². The quantitative estimate of drug-likeness (QED) is 0.0169. The first-order valence-electron chi connectivity index (χ1n) is 39.0. The van der Waals surface area contributed by atoms with E-state index in [1.54, 1.807) is 0 Å². The number of hydrogen-bond donors (Lipinski definition) is 3. The number of unbranched alkanes of at least 4 members (excludes halogenated alkanes) is 42. The van der Waals surface area contributed by atoms with Gasteiger partial charge in [0.15, 0.2) is 12.2 Å². The molecule has 0 spiro atoms. The number of carbonyl (C=O) groups is 4. The lowest BCUT2D eigenvalue weighted by Crippen LogP contribution is -2.30. The fourth-order valence-electron chi connectivity index (χ4n) is 11.1. The average molecular weight is 1390 g/mol. The molecule has 0 radical (unpaired) electrons. The molecule has 0 bridgehead atoms. The van der Waals surface area contributed by atoms with E-state index in [1.165, 1.54) is 173 Å². The van der Waals surface area contributed by atoms with Gasteiger partial charge in [-0.05, 0) is 57.3 Å². The van der Waals surface area contributed by atoms with Gasteiger partial charge >= 0.3 is 39.5 Å². The van der Waals surface area contributed by atoms with Crippen molar-refractivity contribution < 1.29 is 80.2 Å². The van der Waals surface area contributed by atoms with Gasteiger partial charge in [-0.2, -0.15) is 0 Å². The molecule has 3 N–H and O–H groups in total. The molecule has 0 aliphatic heterocycles. The van der Waals surface area contributed by atoms with Crippen LogP contribution in [0.25, 0.3) is 0 Å². The topological polar surface area (TPSA) is 237 Å². The van der Waals surface area contributed by atoms with Crippen LogP contribution in [0.3, 0.4) is 0 Å². The highest BCUT2D eigenvalue weighted by molar-refractivity contribution is 7.47. The van der Waals surface area contributed by atoms with Crippen LogP contribution >= 0.6 is 15.6 Å². The number of allylic oxidation sites excluding steroid dienone is 4. The predicted molar refractivity (Wildman–Crippen MR) is 386 cm³/mol. The van der Waals surface area contributed by atoms with Crippen LogP contribution < -0.4 is 0 Å². The number of esters is 4. The molecule has 3 unspecified atom stereocenters. The summed E-state index contributed by atoms with van der Waals surface area (Å²) >= 11 is 0. The third kappa shape index (κ3) is 68.5. The molecule has 0 saturated carbocycles. The largest absolute Gasteiger partial charge is 0.472 e. The van der Waals surface area contributed by atoms with E-state index >= 15 is 0 Å². The Morgan fingerprint density at radius 1 is 0.337 bits per heavy atom. The van der Waals surface area contributed by atoms with Crippen LogP contribution in [0.1, 0.15) is 375 Å². The molecule has 0 rings (SSSR count). The van der Waals surface area contributed by atoms with Gasteiger partial charge in [0, 0.05) is 25.7 Å². The van der Waals surface area contributed by atoms with Gasteiger partial charge in [0.05, 0.1) is 26.4 Å². The minimum atomic E-state index is -4.96. The van der Waals surface area contributed by atoms with Crippen molar-refractivity contribution >= 4 is 39.5 Å². The summed E-state index contributed by atoms with van der Waals surface area (Å²) < 4.78 is 68.3. The van der Waals surface area contributed by atoms with Gasteiger partial charge in [-0.3, -0.25) is 37.3 Å². The Morgan fingerprint density at radius 2 is 0.589 bits per heavy atom. The molecular weight excluding hydrogens is 1250 g/mol. The summed E-state index contributed by atoms with van der Waals surface area (Å²) in [4.78, 5) is 72.6. The zero-order valence-corrected chi connectivity index (χ0v) is 63.1. The Bertz CT molecular complexity index is 1920. The zero-order valence-electron chi connectivity index (χ0n) is 61.3. The van der Waals surface area contributed by atoms with Gasteiger partial charge in [-0.15, -0.1) is 0 Å². The number of phosphoric ester groups is 2. The molecule has 17 nitrogen and oxygen atoms in total. The smallest absolute Gasteiger partial charge is 0.462 e. The molecule has 0 aromatic heterocycles. The highest BCUT2D eigenvalue weighted by Crippen LogP contribution is 2.45. The second-order valence-corrected chi connectivity index (χ2v) is 29.9. The van der Waals surface area contributed by atoms with Crippen LogP contribution in [-0.2, 0) is 65.4 Å². The molecule has 0 saturated heterocycles. The number of carbonyl (C=O) groups excluding carboxylic acids is 4. The minimum absolute atomic E-state index is 0.102. The van der Waals surface area contributed by atoms with Gasteiger partial charge in [0.25, 0.3) is 0 Å².